The highest BCUT2D eigenvalue weighted by molar-refractivity contribution is 7.80. The number of hydrogen-bond donors (Lipinski definition) is 3. The Morgan fingerprint density at radius 3 is 2.55 bits per heavy atom. The molecule has 5 atom stereocenters. The van der Waals surface area contributed by atoms with Gasteiger partial charge in [-0.15, -0.1) is 0 Å². The zero-order valence-corrected chi connectivity index (χ0v) is 17.9. The van der Waals surface area contributed by atoms with Crippen LogP contribution in [0, 0.1) is 16.7 Å². The number of ether oxygens (including phenoxy) is 1. The predicted octanol–water partition coefficient (Wildman–Crippen LogP) is 1.93. The van der Waals surface area contributed by atoms with E-state index < -0.39 is 34.0 Å². The lowest BCUT2D eigenvalue weighted by Gasteiger charge is -2.57. The normalized spacial score (nSPS) is 39.6. The van der Waals surface area contributed by atoms with Crippen LogP contribution < -0.4 is 0 Å². The van der Waals surface area contributed by atoms with E-state index in [1.807, 2.05) is 0 Å². The largest absolute Gasteiger partial charge is 0.459 e. The van der Waals surface area contributed by atoms with Crippen LogP contribution in [-0.2, 0) is 24.1 Å². The highest BCUT2D eigenvalue weighted by atomic mass is 32.3. The van der Waals surface area contributed by atoms with Crippen LogP contribution in [-0.4, -0.2) is 54.6 Å². The molecule has 3 rings (SSSR count). The average molecular weight is 431 g/mol. The zero-order valence-electron chi connectivity index (χ0n) is 17.1. The van der Waals surface area contributed by atoms with Crippen LogP contribution in [0.2, 0.25) is 0 Å². The van der Waals surface area contributed by atoms with E-state index in [-0.39, 0.29) is 30.1 Å². The summed E-state index contributed by atoms with van der Waals surface area (Å²) in [5.41, 5.74) is 1.43. The fourth-order valence-corrected chi connectivity index (χ4v) is 6.01. The molecule has 1 heterocycles. The van der Waals surface area contributed by atoms with Crippen LogP contribution >= 0.6 is 0 Å². The SMILES string of the molecule is CC1=C(C/C=C2/C(=O)OC[C@H]2O)[C@]2(C)CC[C@@H](O)[C@@](C)(COS(=O)(=O)O)C2CC1. The molecule has 164 valence electrons. The fraction of sp³-hybridized carbons (Fsp3) is 0.750. The van der Waals surface area contributed by atoms with Gasteiger partial charge in [0.15, 0.2) is 0 Å². The second-order valence-electron chi connectivity index (χ2n) is 9.00. The Morgan fingerprint density at radius 2 is 1.97 bits per heavy atom. The van der Waals surface area contributed by atoms with Gasteiger partial charge in [-0.25, -0.2) is 8.98 Å². The van der Waals surface area contributed by atoms with Crippen LogP contribution in [0.25, 0.3) is 0 Å². The smallest absolute Gasteiger partial charge is 0.397 e. The molecule has 3 N–H and O–H groups in total. The van der Waals surface area contributed by atoms with Crippen molar-refractivity contribution in [3.63, 3.8) is 0 Å². The molecule has 0 bridgehead atoms. The summed E-state index contributed by atoms with van der Waals surface area (Å²) in [5, 5.41) is 20.7. The molecular weight excluding hydrogens is 400 g/mol. The van der Waals surface area contributed by atoms with Crippen molar-refractivity contribution in [3.05, 3.63) is 22.8 Å². The average Bonchev–Trinajstić information content (AvgIpc) is 2.94. The van der Waals surface area contributed by atoms with Crippen LogP contribution in [0.5, 0.6) is 0 Å². The molecule has 0 aromatic heterocycles. The summed E-state index contributed by atoms with van der Waals surface area (Å²) in [6.45, 7) is 5.64. The van der Waals surface area contributed by atoms with Gasteiger partial charge in [-0.2, -0.15) is 8.42 Å². The third-order valence-electron chi connectivity index (χ3n) is 7.29. The van der Waals surface area contributed by atoms with Crippen LogP contribution in [0.3, 0.4) is 0 Å². The molecule has 1 unspecified atom stereocenters. The topological polar surface area (TPSA) is 130 Å². The van der Waals surface area contributed by atoms with Gasteiger partial charge in [0, 0.05) is 5.41 Å². The molecule has 0 radical (unpaired) electrons. The Morgan fingerprint density at radius 1 is 1.28 bits per heavy atom. The summed E-state index contributed by atoms with van der Waals surface area (Å²) in [5.74, 6) is -0.572. The van der Waals surface area contributed by atoms with Gasteiger partial charge in [-0.05, 0) is 50.4 Å². The first-order valence-electron chi connectivity index (χ1n) is 9.93. The first kappa shape index (κ1) is 22.4. The number of rotatable bonds is 5. The third kappa shape index (κ3) is 4.16. The molecule has 0 amide bonds. The lowest BCUT2D eigenvalue weighted by molar-refractivity contribution is -0.135. The van der Waals surface area contributed by atoms with Crippen molar-refractivity contribution in [1.29, 1.82) is 0 Å². The van der Waals surface area contributed by atoms with Crippen molar-refractivity contribution in [2.75, 3.05) is 13.2 Å². The number of carbonyl (C=O) groups excluding carboxylic acids is 1. The number of aliphatic hydroxyl groups excluding tert-OH is 2. The predicted molar refractivity (Wildman–Crippen MR) is 104 cm³/mol. The Bertz CT molecular complexity index is 845. The monoisotopic (exact) mass is 430 g/mol. The van der Waals surface area contributed by atoms with E-state index in [1.54, 1.807) is 13.0 Å². The van der Waals surface area contributed by atoms with E-state index in [4.69, 9.17) is 13.5 Å². The van der Waals surface area contributed by atoms with Crippen molar-refractivity contribution in [2.45, 2.75) is 65.1 Å². The summed E-state index contributed by atoms with van der Waals surface area (Å²) in [4.78, 5) is 11.8. The highest BCUT2D eigenvalue weighted by Gasteiger charge is 2.56. The molecule has 9 heteroatoms. The van der Waals surface area contributed by atoms with E-state index in [2.05, 4.69) is 13.8 Å². The molecule has 0 spiro atoms. The summed E-state index contributed by atoms with van der Waals surface area (Å²) < 4.78 is 41.0. The highest BCUT2D eigenvalue weighted by Crippen LogP contribution is 2.60. The fourth-order valence-electron chi connectivity index (χ4n) is 5.61. The zero-order chi connectivity index (χ0) is 21.6. The Hall–Kier alpha value is -1.26. The second-order valence-corrected chi connectivity index (χ2v) is 10.1. The lowest BCUT2D eigenvalue weighted by atomic mass is 9.48. The van der Waals surface area contributed by atoms with Crippen molar-refractivity contribution >= 4 is 16.4 Å². The molecule has 0 aromatic carbocycles. The van der Waals surface area contributed by atoms with E-state index >= 15 is 0 Å². The van der Waals surface area contributed by atoms with Crippen molar-refractivity contribution in [3.8, 4) is 0 Å². The van der Waals surface area contributed by atoms with Gasteiger partial charge in [0.1, 0.15) is 12.7 Å². The molecule has 2 aliphatic carbocycles. The Balaban J connectivity index is 1.92. The van der Waals surface area contributed by atoms with Gasteiger partial charge in [0.25, 0.3) is 0 Å². The van der Waals surface area contributed by atoms with Crippen molar-refractivity contribution in [1.82, 2.24) is 0 Å². The van der Waals surface area contributed by atoms with Gasteiger partial charge in [-0.1, -0.05) is 31.1 Å². The number of esters is 1. The van der Waals surface area contributed by atoms with Gasteiger partial charge >= 0.3 is 16.4 Å². The molecule has 1 saturated carbocycles. The number of hydrogen-bond acceptors (Lipinski definition) is 7. The van der Waals surface area contributed by atoms with Crippen molar-refractivity contribution in [2.24, 2.45) is 16.7 Å². The molecule has 0 aromatic rings. The van der Waals surface area contributed by atoms with Gasteiger partial charge in [0.2, 0.25) is 0 Å². The molecule has 8 nitrogen and oxygen atoms in total. The van der Waals surface area contributed by atoms with E-state index in [1.165, 1.54) is 5.57 Å². The van der Waals surface area contributed by atoms with E-state index in [0.717, 1.165) is 18.4 Å². The van der Waals surface area contributed by atoms with Crippen LogP contribution in [0.1, 0.15) is 52.9 Å². The van der Waals surface area contributed by atoms with Crippen LogP contribution in [0.15, 0.2) is 22.8 Å². The Labute approximate surface area is 171 Å². The van der Waals surface area contributed by atoms with E-state index in [9.17, 15) is 23.4 Å². The standard InChI is InChI=1S/C20H30O8S/c1-12-4-7-16-19(2,14(12)6-5-13-15(21)10-27-18(13)23)9-8-17(22)20(16,3)11-28-29(24,25)26/h5,15-17,21-22H,4,6-11H2,1-3H3,(H,24,25,26)/b13-5+/t15-,16?,17-,19+,20+/m1/s1. The molecule has 3 aliphatic rings. The summed E-state index contributed by atoms with van der Waals surface area (Å²) in [7, 11) is -4.61. The maximum absolute atomic E-state index is 11.8. The second kappa shape index (κ2) is 7.77. The van der Waals surface area contributed by atoms with Gasteiger partial charge in [0.05, 0.1) is 18.3 Å². The molecular formula is C20H30O8S. The van der Waals surface area contributed by atoms with Gasteiger partial charge < -0.3 is 14.9 Å². The third-order valence-corrected chi connectivity index (χ3v) is 7.70. The van der Waals surface area contributed by atoms with E-state index in [0.29, 0.717) is 19.3 Å². The minimum Gasteiger partial charge on any atom is -0.459 e. The number of cyclic esters (lactones) is 1. The number of fused-ring (bicyclic) bond motifs is 1. The number of allylic oxidation sites excluding steroid dienone is 3. The maximum Gasteiger partial charge on any atom is 0.397 e. The minimum atomic E-state index is -4.61. The quantitative estimate of drug-likeness (QED) is 0.261. The first-order chi connectivity index (χ1) is 13.4. The maximum atomic E-state index is 11.8. The van der Waals surface area contributed by atoms with Crippen LogP contribution in [0.4, 0.5) is 0 Å². The van der Waals surface area contributed by atoms with Gasteiger partial charge in [-0.3, -0.25) is 4.55 Å². The van der Waals surface area contributed by atoms with Crippen molar-refractivity contribution < 1.29 is 36.9 Å². The summed E-state index contributed by atoms with van der Waals surface area (Å²) >= 11 is 0. The first-order valence-corrected chi connectivity index (χ1v) is 11.3. The summed E-state index contributed by atoms with van der Waals surface area (Å²) in [6, 6.07) is 0. The molecule has 1 saturated heterocycles. The molecule has 2 fully saturated rings. The minimum absolute atomic E-state index is 0.0280. The Kier molecular flexibility index (Phi) is 6.01. The number of aliphatic hydroxyl groups is 2. The molecule has 1 aliphatic heterocycles. The lowest BCUT2D eigenvalue weighted by Crippen LogP contribution is -2.55. The summed E-state index contributed by atoms with van der Waals surface area (Å²) in [6.07, 6.45) is 3.24. The molecule has 29 heavy (non-hydrogen) atoms. The number of carbonyl (C=O) groups is 1.